The zero-order valence-electron chi connectivity index (χ0n) is 9.23. The van der Waals surface area contributed by atoms with Crippen molar-refractivity contribution in [3.8, 4) is 0 Å². The van der Waals surface area contributed by atoms with Gasteiger partial charge in [0, 0.05) is 6.42 Å². The van der Waals surface area contributed by atoms with Gasteiger partial charge in [0.15, 0.2) is 0 Å². The molecule has 0 rings (SSSR count). The van der Waals surface area contributed by atoms with Crippen molar-refractivity contribution in [3.05, 3.63) is 0 Å². The quantitative estimate of drug-likeness (QED) is 0.485. The van der Waals surface area contributed by atoms with Gasteiger partial charge in [0.05, 0.1) is 6.61 Å². The second-order valence-corrected chi connectivity index (χ2v) is 3.79. The van der Waals surface area contributed by atoms with Gasteiger partial charge in [-0.1, -0.05) is 13.8 Å². The minimum atomic E-state index is -0.833. The molecule has 3 N–H and O–H groups in total. The van der Waals surface area contributed by atoms with Gasteiger partial charge < -0.3 is 15.6 Å². The number of hydrogen-bond acceptors (Lipinski definition) is 4. The monoisotopic (exact) mass is 217 g/mol. The number of rotatable bonds is 7. The zero-order chi connectivity index (χ0) is 11.8. The normalized spacial score (nSPS) is 12.5. The van der Waals surface area contributed by atoms with E-state index in [0.29, 0.717) is 12.8 Å². The molecule has 0 aliphatic rings. The lowest BCUT2D eigenvalue weighted by Gasteiger charge is -2.14. The molecule has 0 saturated heterocycles. The Morgan fingerprint density at radius 3 is 2.40 bits per heavy atom. The molecule has 0 aromatic rings. The Labute approximate surface area is 89.6 Å². The Kier molecular flexibility index (Phi) is 6.70. The number of carboxylic acids is 1. The lowest BCUT2D eigenvalue weighted by molar-refractivity contribution is -0.146. The highest BCUT2D eigenvalue weighted by Gasteiger charge is 2.18. The smallest absolute Gasteiger partial charge is 0.323 e. The molecule has 0 heterocycles. The highest BCUT2D eigenvalue weighted by atomic mass is 16.5. The average Bonchev–Trinajstić information content (AvgIpc) is 2.15. The summed E-state index contributed by atoms with van der Waals surface area (Å²) in [4.78, 5) is 21.4. The van der Waals surface area contributed by atoms with Crippen LogP contribution < -0.4 is 5.73 Å². The van der Waals surface area contributed by atoms with Crippen LogP contribution in [0.15, 0.2) is 0 Å². The van der Waals surface area contributed by atoms with Crippen LogP contribution >= 0.6 is 0 Å². The Morgan fingerprint density at radius 2 is 1.93 bits per heavy atom. The van der Waals surface area contributed by atoms with Gasteiger partial charge in [0.25, 0.3) is 0 Å². The van der Waals surface area contributed by atoms with Gasteiger partial charge in [-0.3, -0.25) is 9.59 Å². The molecule has 0 aliphatic heterocycles. The molecular weight excluding hydrogens is 198 g/mol. The van der Waals surface area contributed by atoms with Gasteiger partial charge in [0.1, 0.15) is 6.04 Å². The van der Waals surface area contributed by atoms with Crippen LogP contribution in [-0.4, -0.2) is 29.7 Å². The summed E-state index contributed by atoms with van der Waals surface area (Å²) in [6.07, 6.45) is 1.18. The molecule has 1 unspecified atom stereocenters. The van der Waals surface area contributed by atoms with Gasteiger partial charge >= 0.3 is 11.9 Å². The third-order valence-corrected chi connectivity index (χ3v) is 2.02. The van der Waals surface area contributed by atoms with Crippen molar-refractivity contribution in [2.24, 2.45) is 11.7 Å². The van der Waals surface area contributed by atoms with Crippen LogP contribution in [0.3, 0.4) is 0 Å². The SMILES string of the molecule is CC(C)C(N)C(=O)OCCCCC(=O)O. The molecule has 0 bridgehead atoms. The first-order chi connectivity index (χ1) is 6.95. The fourth-order valence-corrected chi connectivity index (χ4v) is 0.919. The average molecular weight is 217 g/mol. The molecule has 1 atom stereocenters. The maximum Gasteiger partial charge on any atom is 0.323 e. The van der Waals surface area contributed by atoms with Crippen LogP contribution in [0.5, 0.6) is 0 Å². The van der Waals surface area contributed by atoms with Crippen molar-refractivity contribution in [2.75, 3.05) is 6.61 Å². The summed E-state index contributed by atoms with van der Waals surface area (Å²) in [7, 11) is 0. The van der Waals surface area contributed by atoms with Gasteiger partial charge in [-0.05, 0) is 18.8 Å². The summed E-state index contributed by atoms with van der Waals surface area (Å²) >= 11 is 0. The highest BCUT2D eigenvalue weighted by molar-refractivity contribution is 5.75. The maximum atomic E-state index is 11.2. The van der Waals surface area contributed by atoms with E-state index in [1.54, 1.807) is 0 Å². The standard InChI is InChI=1S/C10H19NO4/c1-7(2)9(11)10(14)15-6-4-3-5-8(12)13/h7,9H,3-6,11H2,1-2H3,(H,12,13). The van der Waals surface area contributed by atoms with Gasteiger partial charge in [-0.25, -0.2) is 0 Å². The molecule has 0 amide bonds. The van der Waals surface area contributed by atoms with Crippen LogP contribution in [-0.2, 0) is 14.3 Å². The van der Waals surface area contributed by atoms with E-state index in [0.717, 1.165) is 0 Å². The van der Waals surface area contributed by atoms with Crippen LogP contribution in [0, 0.1) is 5.92 Å². The van der Waals surface area contributed by atoms with Crippen molar-refractivity contribution in [3.63, 3.8) is 0 Å². The second-order valence-electron chi connectivity index (χ2n) is 3.79. The van der Waals surface area contributed by atoms with Gasteiger partial charge in [-0.15, -0.1) is 0 Å². The predicted octanol–water partition coefficient (Wildman–Crippen LogP) is 0.768. The number of carboxylic acid groups (broad SMARTS) is 1. The van der Waals surface area contributed by atoms with E-state index < -0.39 is 18.0 Å². The predicted molar refractivity (Wildman–Crippen MR) is 55.3 cm³/mol. The van der Waals surface area contributed by atoms with Crippen LogP contribution in [0.25, 0.3) is 0 Å². The third kappa shape index (κ3) is 6.90. The second kappa shape index (κ2) is 7.23. The molecule has 5 nitrogen and oxygen atoms in total. The lowest BCUT2D eigenvalue weighted by atomic mass is 10.1. The van der Waals surface area contributed by atoms with Crippen LogP contribution in [0.2, 0.25) is 0 Å². The van der Waals surface area contributed by atoms with E-state index in [2.05, 4.69) is 0 Å². The molecule has 0 radical (unpaired) electrons. The van der Waals surface area contributed by atoms with E-state index in [1.807, 2.05) is 13.8 Å². The Morgan fingerprint density at radius 1 is 1.33 bits per heavy atom. The molecule has 0 fully saturated rings. The Balaban J connectivity index is 3.51. The number of ether oxygens (including phenoxy) is 1. The highest BCUT2D eigenvalue weighted by Crippen LogP contribution is 2.02. The summed E-state index contributed by atoms with van der Waals surface area (Å²) in [5.74, 6) is -1.20. The molecule has 88 valence electrons. The van der Waals surface area contributed by atoms with E-state index >= 15 is 0 Å². The zero-order valence-corrected chi connectivity index (χ0v) is 9.23. The summed E-state index contributed by atoms with van der Waals surface area (Å²) in [5.41, 5.74) is 5.55. The molecule has 0 aromatic carbocycles. The Hall–Kier alpha value is -1.10. The van der Waals surface area contributed by atoms with E-state index in [1.165, 1.54) is 0 Å². The van der Waals surface area contributed by atoms with Crippen molar-refractivity contribution in [1.29, 1.82) is 0 Å². The molecule has 0 saturated carbocycles. The number of nitrogens with two attached hydrogens (primary N) is 1. The molecule has 0 aliphatic carbocycles. The lowest BCUT2D eigenvalue weighted by Crippen LogP contribution is -2.37. The van der Waals surface area contributed by atoms with Crippen LogP contribution in [0.4, 0.5) is 0 Å². The third-order valence-electron chi connectivity index (χ3n) is 2.02. The maximum absolute atomic E-state index is 11.2. The summed E-state index contributed by atoms with van der Waals surface area (Å²) < 4.78 is 4.89. The number of esters is 1. The fraction of sp³-hybridized carbons (Fsp3) is 0.800. The summed E-state index contributed by atoms with van der Waals surface area (Å²) in [5, 5.41) is 8.36. The van der Waals surface area contributed by atoms with Crippen LogP contribution in [0.1, 0.15) is 33.1 Å². The first-order valence-electron chi connectivity index (χ1n) is 5.09. The molecular formula is C10H19NO4. The number of hydrogen-bond donors (Lipinski definition) is 2. The number of unbranched alkanes of at least 4 members (excludes halogenated alkanes) is 1. The first kappa shape index (κ1) is 13.9. The first-order valence-corrected chi connectivity index (χ1v) is 5.09. The minimum Gasteiger partial charge on any atom is -0.481 e. The molecule has 0 spiro atoms. The minimum absolute atomic E-state index is 0.0523. The number of aliphatic carboxylic acids is 1. The topological polar surface area (TPSA) is 89.6 Å². The molecule has 15 heavy (non-hydrogen) atoms. The summed E-state index contributed by atoms with van der Waals surface area (Å²) in [6.45, 7) is 3.93. The largest absolute Gasteiger partial charge is 0.481 e. The molecule has 5 heteroatoms. The van der Waals surface area contributed by atoms with Crippen molar-refractivity contribution >= 4 is 11.9 Å². The van der Waals surface area contributed by atoms with E-state index in [4.69, 9.17) is 15.6 Å². The van der Waals surface area contributed by atoms with E-state index in [9.17, 15) is 9.59 Å². The number of carbonyl (C=O) groups is 2. The molecule has 0 aromatic heterocycles. The van der Waals surface area contributed by atoms with Gasteiger partial charge in [-0.2, -0.15) is 0 Å². The van der Waals surface area contributed by atoms with E-state index in [-0.39, 0.29) is 18.9 Å². The van der Waals surface area contributed by atoms with Crippen molar-refractivity contribution in [1.82, 2.24) is 0 Å². The Bertz CT molecular complexity index is 215. The fourth-order valence-electron chi connectivity index (χ4n) is 0.919. The van der Waals surface area contributed by atoms with Crippen molar-refractivity contribution < 1.29 is 19.4 Å². The number of carbonyl (C=O) groups excluding carboxylic acids is 1. The van der Waals surface area contributed by atoms with Crippen molar-refractivity contribution in [2.45, 2.75) is 39.2 Å². The van der Waals surface area contributed by atoms with Gasteiger partial charge in [0.2, 0.25) is 0 Å². The summed E-state index contributed by atoms with van der Waals surface area (Å²) in [6, 6.07) is -0.593.